The molecule has 0 spiro atoms. The molecule has 360 valence electrons. The van der Waals surface area contributed by atoms with Crippen LogP contribution in [0, 0.1) is 23.2 Å². The van der Waals surface area contributed by atoms with Gasteiger partial charge >= 0.3 is 5.97 Å². The first-order valence-corrected chi connectivity index (χ1v) is 24.6. The zero-order valence-corrected chi connectivity index (χ0v) is 41.6. The van der Waals surface area contributed by atoms with E-state index in [1.807, 2.05) is 46.1 Å². The van der Waals surface area contributed by atoms with Crippen LogP contribution in [0.4, 0.5) is 0 Å². The van der Waals surface area contributed by atoms with Gasteiger partial charge in [-0.05, 0) is 94.2 Å². The number of fused-ring (bicyclic) bond motifs is 6. The number of hydrogen-bond acceptors (Lipinski definition) is 11. The van der Waals surface area contributed by atoms with E-state index in [-0.39, 0.29) is 48.8 Å². The molecule has 2 fully saturated rings. The van der Waals surface area contributed by atoms with Gasteiger partial charge in [0.15, 0.2) is 0 Å². The first kappa shape index (κ1) is 49.5. The van der Waals surface area contributed by atoms with Gasteiger partial charge in [0.25, 0.3) is 5.91 Å². The molecule has 67 heavy (non-hydrogen) atoms. The number of cyclic esters (lactones) is 1. The fraction of sp³-hybridized carbons (Fsp3) is 0.549. The lowest BCUT2D eigenvalue weighted by Gasteiger charge is -2.43. The van der Waals surface area contributed by atoms with Crippen LogP contribution in [0.2, 0.25) is 0 Å². The van der Waals surface area contributed by atoms with E-state index in [4.69, 9.17) is 19.4 Å². The van der Waals surface area contributed by atoms with Gasteiger partial charge in [0.05, 0.1) is 34.8 Å². The molecule has 15 nitrogen and oxygen atoms in total. The molecule has 4 aromatic rings. The van der Waals surface area contributed by atoms with Crippen molar-refractivity contribution in [2.24, 2.45) is 23.2 Å². The van der Waals surface area contributed by atoms with Crippen molar-refractivity contribution < 1.29 is 33.4 Å². The number of amides is 4. The van der Waals surface area contributed by atoms with E-state index in [9.17, 15) is 24.0 Å². The summed E-state index contributed by atoms with van der Waals surface area (Å²) in [5, 5.41) is 8.15. The monoisotopic (exact) mass is 936 g/mol. The Morgan fingerprint density at radius 3 is 2.63 bits per heavy atom. The summed E-state index contributed by atoms with van der Waals surface area (Å²) in [6.45, 7) is 21.1. The van der Waals surface area contributed by atoms with E-state index < -0.39 is 47.2 Å². The lowest BCUT2D eigenvalue weighted by atomic mass is 9.81. The van der Waals surface area contributed by atoms with E-state index >= 15 is 0 Å². The van der Waals surface area contributed by atoms with Gasteiger partial charge in [-0.25, -0.2) is 10.4 Å². The molecule has 0 saturated carbocycles. The number of methoxy groups -OCH3 is 1. The molecule has 4 amide bonds. The molecular formula is C51H68N8O7S. The van der Waals surface area contributed by atoms with Gasteiger partial charge < -0.3 is 29.2 Å². The fourth-order valence-electron chi connectivity index (χ4n) is 10.3. The first-order valence-electron chi connectivity index (χ1n) is 23.7. The lowest BCUT2D eigenvalue weighted by molar-refractivity contribution is -0.155. The summed E-state index contributed by atoms with van der Waals surface area (Å²) in [6.07, 6.45) is 4.94. The number of likely N-dealkylation sites (N-methyl/N-ethyl adjacent to an activating group) is 1. The minimum Gasteiger partial charge on any atom is -0.464 e. The number of ether oxygens (including phenoxy) is 2. The molecule has 2 N–H and O–H groups in total. The van der Waals surface area contributed by atoms with Crippen molar-refractivity contribution in [1.29, 1.82) is 0 Å². The zero-order valence-electron chi connectivity index (χ0n) is 40.8. The maximum Gasteiger partial charge on any atom is 0.324 e. The molecule has 3 aliphatic rings. The Hall–Kier alpha value is -5.45. The average Bonchev–Trinajstić information content (AvgIpc) is 3.91. The maximum atomic E-state index is 14.7. The zero-order chi connectivity index (χ0) is 48.5. The van der Waals surface area contributed by atoms with Crippen molar-refractivity contribution in [3.05, 3.63) is 70.8 Å². The molecule has 16 heteroatoms. The number of rotatable bonds is 10. The van der Waals surface area contributed by atoms with Crippen molar-refractivity contribution in [3.63, 3.8) is 0 Å². The van der Waals surface area contributed by atoms with Crippen LogP contribution in [-0.2, 0) is 52.8 Å². The quantitative estimate of drug-likeness (QED) is 0.128. The van der Waals surface area contributed by atoms with Gasteiger partial charge in [0.1, 0.15) is 18.1 Å². The second-order valence-electron chi connectivity index (χ2n) is 19.8. The topological polar surface area (TPSA) is 168 Å². The minimum absolute atomic E-state index is 0.0782. The SMILES string of the molecule is C=CC(=O)N1C[C@H](C)C(C(=O)N(C)[C@H](C(=O)N[C@H]2Cc3nc(cs3)-c3ccc4c(c3)c(c(-c3cccnc3[C@H](C)OC)n4CC)CC(C)(C)COC(=O)[C@@H]3CCCN(N3)C2=O)C(C)C)C[C@H]1C. The number of esters is 1. The number of piperidine rings is 1. The van der Waals surface area contributed by atoms with Crippen LogP contribution in [0.5, 0.6) is 0 Å². The third-order valence-corrected chi connectivity index (χ3v) is 14.8. The number of nitrogens with one attached hydrogen (secondary N) is 2. The number of carbonyl (C=O) groups excluding carboxylic acids is 5. The molecule has 7 atom stereocenters. The number of likely N-dealkylation sites (tertiary alicyclic amines) is 1. The van der Waals surface area contributed by atoms with Gasteiger partial charge in [-0.2, -0.15) is 0 Å². The molecule has 1 aromatic carbocycles. The highest BCUT2D eigenvalue weighted by Crippen LogP contribution is 2.42. The van der Waals surface area contributed by atoms with Crippen molar-refractivity contribution >= 4 is 51.8 Å². The van der Waals surface area contributed by atoms with Gasteiger partial charge in [-0.1, -0.05) is 47.3 Å². The number of benzene rings is 1. The fourth-order valence-corrected chi connectivity index (χ4v) is 11.1. The molecule has 1 unspecified atom stereocenters. The van der Waals surface area contributed by atoms with Crippen LogP contribution in [0.15, 0.2) is 54.6 Å². The number of thiazole rings is 1. The largest absolute Gasteiger partial charge is 0.464 e. The number of hydrogen-bond donors (Lipinski definition) is 2. The summed E-state index contributed by atoms with van der Waals surface area (Å²) in [4.78, 5) is 83.2. The summed E-state index contributed by atoms with van der Waals surface area (Å²) in [5.41, 5.74) is 9.28. The normalized spacial score (nSPS) is 23.3. The molecule has 3 aliphatic heterocycles. The Morgan fingerprint density at radius 1 is 1.16 bits per heavy atom. The number of nitrogens with zero attached hydrogens (tertiary/aromatic N) is 6. The second-order valence-corrected chi connectivity index (χ2v) is 20.7. The maximum absolute atomic E-state index is 14.7. The highest BCUT2D eigenvalue weighted by molar-refractivity contribution is 7.10. The first-order chi connectivity index (χ1) is 31.9. The van der Waals surface area contributed by atoms with Crippen molar-refractivity contribution in [2.75, 3.05) is 33.9 Å². The van der Waals surface area contributed by atoms with Gasteiger partial charge in [-0.3, -0.25) is 34.0 Å². The van der Waals surface area contributed by atoms with Gasteiger partial charge in [0, 0.05) is 91.2 Å². The lowest BCUT2D eigenvalue weighted by Crippen LogP contribution is -2.62. The van der Waals surface area contributed by atoms with E-state index in [1.165, 1.54) is 27.3 Å². The summed E-state index contributed by atoms with van der Waals surface area (Å²) in [6, 6.07) is 7.46. The molecule has 3 aromatic heterocycles. The van der Waals surface area contributed by atoms with Crippen molar-refractivity contribution in [2.45, 2.75) is 124 Å². The summed E-state index contributed by atoms with van der Waals surface area (Å²) >= 11 is 1.41. The standard InChI is InChI=1S/C51H68N8O7S/c1-12-43(60)58-26-30(5)35(22-31(58)6)48(62)56(10)45(29(3)4)47(61)54-39-24-42-53-40(27-67-42)33-18-19-41-36(23-33)37(46(57(41)13-2)34-16-14-20-52-44(34)32(7)65-11)25-51(8,9)28-66-50(64)38-17-15-21-59(55-38)49(39)63/h12,14,16,18-20,23,27,29-32,35,38-39,45,55H,1,13,15,17,21-22,24-26,28H2,2-11H3,(H,54,61)/t30-,31+,32-,35?,38-,39-,45-/m0/s1. The number of pyridine rings is 1. The predicted molar refractivity (Wildman–Crippen MR) is 259 cm³/mol. The molecule has 0 aliphatic carbocycles. The minimum atomic E-state index is -1.08. The number of hydrazine groups is 1. The van der Waals surface area contributed by atoms with E-state index in [2.05, 4.69) is 66.9 Å². The molecular weight excluding hydrogens is 869 g/mol. The van der Waals surface area contributed by atoms with Crippen molar-refractivity contribution in [3.8, 4) is 22.5 Å². The average molecular weight is 937 g/mol. The Labute approximate surface area is 398 Å². The Kier molecular flexibility index (Phi) is 15.1. The number of carbonyl (C=O) groups is 5. The highest BCUT2D eigenvalue weighted by Gasteiger charge is 2.42. The predicted octanol–water partition coefficient (Wildman–Crippen LogP) is 6.74. The Bertz CT molecular complexity index is 2510. The van der Waals surface area contributed by atoms with Crippen LogP contribution in [-0.4, -0.2) is 117 Å². The molecule has 6 bridgehead atoms. The van der Waals surface area contributed by atoms with Gasteiger partial charge in [0.2, 0.25) is 17.7 Å². The highest BCUT2D eigenvalue weighted by atomic mass is 32.1. The number of aryl methyl sites for hydroxylation is 1. The summed E-state index contributed by atoms with van der Waals surface area (Å²) in [7, 11) is 3.33. The number of aromatic nitrogens is 3. The second kappa shape index (κ2) is 20.4. The van der Waals surface area contributed by atoms with Gasteiger partial charge in [-0.15, -0.1) is 11.3 Å². The third kappa shape index (κ3) is 10.2. The van der Waals surface area contributed by atoms with Crippen LogP contribution in [0.3, 0.4) is 0 Å². The van der Waals surface area contributed by atoms with Crippen LogP contribution in [0.1, 0.15) is 97.0 Å². The molecule has 2 saturated heterocycles. The summed E-state index contributed by atoms with van der Waals surface area (Å²) < 4.78 is 14.3. The Balaban J connectivity index is 1.26. The third-order valence-electron chi connectivity index (χ3n) is 13.9. The molecule has 7 rings (SSSR count). The Morgan fingerprint density at radius 2 is 1.93 bits per heavy atom. The van der Waals surface area contributed by atoms with Crippen LogP contribution in [0.25, 0.3) is 33.4 Å². The van der Waals surface area contributed by atoms with E-state index in [1.54, 1.807) is 25.3 Å². The van der Waals surface area contributed by atoms with Crippen LogP contribution < -0.4 is 10.7 Å². The van der Waals surface area contributed by atoms with Crippen LogP contribution >= 0.6 is 11.3 Å². The smallest absolute Gasteiger partial charge is 0.324 e. The molecule has 0 radical (unpaired) electrons. The van der Waals surface area contributed by atoms with E-state index in [0.717, 1.165) is 44.7 Å². The molecule has 6 heterocycles. The van der Waals surface area contributed by atoms with Crippen molar-refractivity contribution in [1.82, 2.24) is 40.1 Å². The van der Waals surface area contributed by atoms with E-state index in [0.29, 0.717) is 50.3 Å². The summed E-state index contributed by atoms with van der Waals surface area (Å²) in [5.74, 6) is -2.57.